The molecule has 87 heavy (non-hydrogen) atoms. The first kappa shape index (κ1) is 64.1. The molecule has 458 valence electrons. The van der Waals surface area contributed by atoms with Gasteiger partial charge in [-0.2, -0.15) is 43.9 Å². The number of aliphatic hydroxyl groups excluding tert-OH is 2. The van der Waals surface area contributed by atoms with Gasteiger partial charge >= 0.3 is 5.69 Å². The van der Waals surface area contributed by atoms with E-state index in [4.69, 9.17) is 9.47 Å². The Morgan fingerprint density at radius 1 is 0.483 bits per heavy atom. The zero-order valence-electron chi connectivity index (χ0n) is 44.3. The molecule has 0 aromatic heterocycles. The van der Waals surface area contributed by atoms with E-state index in [-0.39, 0.29) is 48.9 Å². The summed E-state index contributed by atoms with van der Waals surface area (Å²) in [5, 5.41) is 42.6. The minimum atomic E-state index is -5.43. The zero-order chi connectivity index (χ0) is 63.8. The summed E-state index contributed by atoms with van der Waals surface area (Å²) in [6, 6.07) is 19.7. The van der Waals surface area contributed by atoms with Crippen LogP contribution in [0.3, 0.4) is 0 Å². The van der Waals surface area contributed by atoms with E-state index in [1.165, 1.54) is 54.6 Å². The highest BCUT2D eigenvalue weighted by atomic mass is 32.2. The maximum Gasteiger partial charge on any atom is 0.330 e. The second-order valence-electron chi connectivity index (χ2n) is 18.3. The van der Waals surface area contributed by atoms with Crippen LogP contribution in [-0.2, 0) is 60.5 Å². The summed E-state index contributed by atoms with van der Waals surface area (Å²) in [6.45, 7) is 1.22. The number of aryl methyl sites for hydroxylation is 2. The number of anilines is 4. The van der Waals surface area contributed by atoms with Gasteiger partial charge < -0.3 is 19.7 Å². The highest BCUT2D eigenvalue weighted by Crippen LogP contribution is 2.39. The molecular weight excluding hydrogens is 1270 g/mol. The molecule has 0 saturated carbocycles. The summed E-state index contributed by atoms with van der Waals surface area (Å²) in [4.78, 5) is 23.6. The number of fused-ring (bicyclic) bond motifs is 2. The number of sulfonamides is 2. The number of benzene rings is 6. The summed E-state index contributed by atoms with van der Waals surface area (Å²) in [5.74, 6) is -3.41. The van der Waals surface area contributed by atoms with Crippen molar-refractivity contribution in [3.8, 4) is 11.5 Å². The number of allylic oxidation sites excluding steroid dienone is 2. The van der Waals surface area contributed by atoms with Gasteiger partial charge in [-0.25, -0.2) is 16.8 Å². The fourth-order valence-electron chi connectivity index (χ4n) is 8.15. The number of carbonyl (C=O) groups excluding carboxylic acids is 2. The topological polar surface area (TPSA) is 487 Å². The molecule has 2 aliphatic rings. The van der Waals surface area contributed by atoms with Crippen molar-refractivity contribution in [2.24, 2.45) is 15.3 Å². The third kappa shape index (κ3) is 14.5. The van der Waals surface area contributed by atoms with Crippen LogP contribution in [0.25, 0.3) is 12.2 Å². The van der Waals surface area contributed by atoms with Gasteiger partial charge in [0, 0.05) is 18.2 Å². The summed E-state index contributed by atoms with van der Waals surface area (Å²) < 4.78 is 210. The number of nitrogens with zero attached hydrogens (tertiary/aromatic N) is 4. The fraction of sp³-hybridized carbons (Fsp3) is 0.120. The third-order valence-corrected chi connectivity index (χ3v) is 18.3. The predicted octanol–water partition coefficient (Wildman–Crippen LogP) is 4.74. The number of ether oxygens (including phenoxy) is 2. The Hall–Kier alpha value is -8.86. The van der Waals surface area contributed by atoms with Crippen LogP contribution in [0.1, 0.15) is 43.0 Å². The lowest BCUT2D eigenvalue weighted by molar-refractivity contribution is -0.761. The summed E-state index contributed by atoms with van der Waals surface area (Å²) in [6.07, 6.45) is 1.18. The maximum atomic E-state index is 14.3. The minimum absolute atomic E-state index is 0.159. The Bertz CT molecular complexity index is 4750. The lowest BCUT2D eigenvalue weighted by Crippen LogP contribution is -2.29. The largest absolute Gasteiger partial charge is 0.489 e. The van der Waals surface area contributed by atoms with E-state index in [0.717, 1.165) is 30.3 Å². The van der Waals surface area contributed by atoms with Gasteiger partial charge in [0.1, 0.15) is 27.9 Å². The van der Waals surface area contributed by atoms with Crippen molar-refractivity contribution in [3.05, 3.63) is 152 Å². The monoisotopic (exact) mass is 1320 g/mol. The van der Waals surface area contributed by atoms with Crippen LogP contribution in [-0.4, -0.2) is 138 Å². The Kier molecular flexibility index (Phi) is 18.1. The Morgan fingerprint density at radius 2 is 0.874 bits per heavy atom. The van der Waals surface area contributed by atoms with Crippen molar-refractivity contribution in [3.63, 3.8) is 0 Å². The molecule has 2 aliphatic carbocycles. The molecule has 0 amide bonds. The zero-order valence-corrected chi connectivity index (χ0v) is 49.2. The highest BCUT2D eigenvalue weighted by molar-refractivity contribution is 7.93. The number of hydrogen-bond donors (Lipinski definition) is 11. The third-order valence-electron chi connectivity index (χ3n) is 12.1. The van der Waals surface area contributed by atoms with E-state index in [1.54, 1.807) is 13.8 Å². The van der Waals surface area contributed by atoms with Gasteiger partial charge in [0.25, 0.3) is 60.5 Å². The molecular formula is C50H45N8O23S6+. The van der Waals surface area contributed by atoms with Gasteiger partial charge in [-0.1, -0.05) is 35.4 Å². The normalized spacial score (nSPS) is 15.1. The van der Waals surface area contributed by atoms with Gasteiger partial charge in [-0.05, 0) is 104 Å². The van der Waals surface area contributed by atoms with Crippen molar-refractivity contribution in [1.29, 1.82) is 0 Å². The smallest absolute Gasteiger partial charge is 0.330 e. The molecule has 0 heterocycles. The van der Waals surface area contributed by atoms with Crippen LogP contribution < -0.4 is 29.8 Å². The fourth-order valence-corrected chi connectivity index (χ4v) is 12.7. The number of carbonyl (C=O) groups is 2. The van der Waals surface area contributed by atoms with Crippen LogP contribution in [0.2, 0.25) is 0 Å². The summed E-state index contributed by atoms with van der Waals surface area (Å²) in [7, 11) is -30.5. The number of rotatable bonds is 22. The molecule has 0 aliphatic heterocycles. The molecule has 0 unspecified atom stereocenters. The number of aliphatic hydroxyl groups is 2. The first-order chi connectivity index (χ1) is 40.6. The molecule has 0 fully saturated rings. The number of Topliss-reactive ketones (excluding diaryl/α,β-unsaturated/α-hetero) is 2. The average Bonchev–Trinajstić information content (AvgIpc) is 0.823. The van der Waals surface area contributed by atoms with Crippen LogP contribution in [0.5, 0.6) is 11.5 Å². The second kappa shape index (κ2) is 24.5. The Balaban J connectivity index is 1.12. The van der Waals surface area contributed by atoms with Crippen LogP contribution in [0, 0.1) is 13.8 Å². The van der Waals surface area contributed by atoms with Crippen LogP contribution >= 0.6 is 0 Å². The van der Waals surface area contributed by atoms with Crippen molar-refractivity contribution in [1.82, 2.24) is 0 Å². The van der Waals surface area contributed by atoms with Gasteiger partial charge in [0.05, 0.1) is 71.8 Å². The Morgan fingerprint density at radius 3 is 1.26 bits per heavy atom. The maximum absolute atomic E-state index is 14.3. The molecule has 8 rings (SSSR count). The number of hydrogen-bond acceptors (Lipinski definition) is 23. The molecule has 0 saturated heterocycles. The van der Waals surface area contributed by atoms with E-state index in [1.807, 2.05) is 0 Å². The minimum Gasteiger partial charge on any atom is -0.489 e. The van der Waals surface area contributed by atoms with Crippen molar-refractivity contribution in [2.45, 2.75) is 33.4 Å². The molecule has 6 aromatic rings. The Labute approximate surface area is 494 Å². The molecule has 11 N–H and O–H groups in total. The second-order valence-corrected chi connectivity index (χ2v) is 27.3. The van der Waals surface area contributed by atoms with Crippen LogP contribution in [0.15, 0.2) is 154 Å². The molecule has 37 heteroatoms. The summed E-state index contributed by atoms with van der Waals surface area (Å²) in [5.41, 5.74) is -1.07. The SMILES string of the molecule is Cc1ccc(S(=O)(=O)Nc2cc(S(=O)(=O)O)cc3c2C(=O)C(=NNc2ccc(N=[N+](O)c4ccc(NN=C5C(=O)c6c(cc(S(=O)(=O)O)cc6NS(=O)(=O)c6ccc(C)cc6)C=C5S(=O)(=O)O)cc4OCCO)c(OCCO)c2)C(S(=O)(=O)O)=C3)cc1. The van der Waals surface area contributed by atoms with E-state index in [9.17, 15) is 93.7 Å². The number of hydrazone groups is 2. The molecule has 31 nitrogen and oxygen atoms in total. The number of ketones is 2. The summed E-state index contributed by atoms with van der Waals surface area (Å²) >= 11 is 0. The quantitative estimate of drug-likeness (QED) is 0.0189. The first-order valence-electron chi connectivity index (χ1n) is 24.2. The van der Waals surface area contributed by atoms with Crippen molar-refractivity contribution >= 4 is 130 Å². The van der Waals surface area contributed by atoms with Gasteiger partial charge in [0.2, 0.25) is 17.3 Å². The number of nitrogens with one attached hydrogen (secondary N) is 4. The van der Waals surface area contributed by atoms with E-state index < -0.39 is 163 Å². The van der Waals surface area contributed by atoms with E-state index >= 15 is 0 Å². The van der Waals surface area contributed by atoms with Gasteiger partial charge in [0.15, 0.2) is 22.9 Å². The first-order valence-corrected chi connectivity index (χ1v) is 32.9. The number of azo groups is 1. The lowest BCUT2D eigenvalue weighted by atomic mass is 9.93. The standard InChI is InChI=1S/C50H44N8O23S6/c1-27-3-9-33(10-4-27)82(64,65)56-38-25-35(84(68,69)70)19-29-21-43(86(74,75)76)47(49(61)45(29)38)53-51-31-7-13-37(41(23-31)80-17-15-59)55-58(63)40-14-8-32(24-42(40)81-18-16-60)52-54-48-44(87(77,78)79)22-30-20-36(85(71,72)73)26-39(46(30)50(48)62)57-83(66,67)34-11-5-28(2)6-12-34/h3-14,19-26,59-60,63H,15-18H2,1-2H3,(H7,52,56,57,61,62,68,69,70,71,72,73,74,75,76,77,78,79)/p+1. The van der Waals surface area contributed by atoms with Crippen molar-refractivity contribution < 1.29 is 108 Å². The molecule has 0 atom stereocenters. The lowest BCUT2D eigenvalue weighted by Gasteiger charge is -2.21. The van der Waals surface area contributed by atoms with E-state index in [2.05, 4.69) is 35.6 Å². The average molecular weight is 1320 g/mol. The van der Waals surface area contributed by atoms with Gasteiger partial charge in [-0.15, -0.1) is 0 Å². The van der Waals surface area contributed by atoms with Gasteiger partial charge in [-0.3, -0.25) is 53.3 Å². The molecule has 6 aromatic carbocycles. The highest BCUT2D eigenvalue weighted by Gasteiger charge is 2.39. The molecule has 0 radical (unpaired) electrons. The molecule has 0 spiro atoms. The van der Waals surface area contributed by atoms with E-state index in [0.29, 0.717) is 47.5 Å². The molecule has 0 bridgehead atoms. The van der Waals surface area contributed by atoms with Crippen LogP contribution in [0.4, 0.5) is 34.1 Å². The predicted molar refractivity (Wildman–Crippen MR) is 308 cm³/mol. The van der Waals surface area contributed by atoms with Crippen molar-refractivity contribution in [2.75, 3.05) is 46.7 Å².